The van der Waals surface area contributed by atoms with E-state index < -0.39 is 18.9 Å². The first-order valence-electron chi connectivity index (χ1n) is 8.41. The van der Waals surface area contributed by atoms with E-state index >= 15 is 0 Å². The van der Waals surface area contributed by atoms with Gasteiger partial charge in [0.15, 0.2) is 0 Å². The van der Waals surface area contributed by atoms with Gasteiger partial charge in [0.2, 0.25) is 6.33 Å². The Morgan fingerprint density at radius 2 is 1.76 bits per heavy atom. The van der Waals surface area contributed by atoms with Crippen LogP contribution in [0.25, 0.3) is 0 Å². The lowest BCUT2D eigenvalue weighted by molar-refractivity contribution is -0.697. The number of rotatable bonds is 13. The van der Waals surface area contributed by atoms with Crippen molar-refractivity contribution in [3.8, 4) is 0 Å². The Kier molecular flexibility index (Phi) is 9.25. The van der Waals surface area contributed by atoms with Crippen LogP contribution in [0, 0.1) is 6.92 Å². The molecule has 0 radical (unpaired) electrons. The van der Waals surface area contributed by atoms with Crippen molar-refractivity contribution >= 4 is 18.9 Å². The SMILES string of the molecule is CO[Si](CCCCn1c[n+](CCCCS(=O)(=O)O)cc1C)(OC)OC. The minimum absolute atomic E-state index is 0.183. The maximum absolute atomic E-state index is 10.7. The summed E-state index contributed by atoms with van der Waals surface area (Å²) in [6, 6.07) is 0.784. The Hall–Kier alpha value is -0.783. The van der Waals surface area contributed by atoms with Crippen LogP contribution >= 0.6 is 0 Å². The summed E-state index contributed by atoms with van der Waals surface area (Å²) < 4.78 is 50.6. The van der Waals surface area contributed by atoms with Crippen LogP contribution in [0.2, 0.25) is 6.04 Å². The lowest BCUT2D eigenvalue weighted by Gasteiger charge is -2.24. The van der Waals surface area contributed by atoms with Crippen molar-refractivity contribution in [2.75, 3.05) is 27.1 Å². The molecule has 0 saturated heterocycles. The number of unbranched alkanes of at least 4 members (excludes halogenated alkanes) is 2. The molecule has 0 saturated carbocycles. The molecule has 146 valence electrons. The third-order valence-electron chi connectivity index (χ3n) is 4.23. The Morgan fingerprint density at radius 1 is 1.12 bits per heavy atom. The molecule has 0 unspecified atom stereocenters. The third-order valence-corrected chi connectivity index (χ3v) is 7.86. The zero-order valence-electron chi connectivity index (χ0n) is 15.6. The lowest BCUT2D eigenvalue weighted by atomic mass is 10.3. The maximum atomic E-state index is 10.7. The van der Waals surface area contributed by atoms with E-state index in [1.807, 2.05) is 19.4 Å². The molecular weight excluding hydrogens is 364 g/mol. The average Bonchev–Trinajstić information content (AvgIpc) is 2.92. The van der Waals surface area contributed by atoms with Gasteiger partial charge in [0, 0.05) is 34.3 Å². The number of hydrogen-bond acceptors (Lipinski definition) is 5. The van der Waals surface area contributed by atoms with Crippen molar-refractivity contribution in [2.24, 2.45) is 0 Å². The predicted octanol–water partition coefficient (Wildman–Crippen LogP) is 1.41. The van der Waals surface area contributed by atoms with Gasteiger partial charge in [-0.15, -0.1) is 0 Å². The number of nitrogens with zero attached hydrogens (tertiary/aromatic N) is 2. The molecule has 0 bridgehead atoms. The molecule has 8 nitrogen and oxygen atoms in total. The number of hydrogen-bond donors (Lipinski definition) is 1. The highest BCUT2D eigenvalue weighted by Crippen LogP contribution is 2.16. The molecule has 0 aliphatic rings. The maximum Gasteiger partial charge on any atom is 0.500 e. The lowest BCUT2D eigenvalue weighted by Crippen LogP contribution is -2.42. The van der Waals surface area contributed by atoms with Crippen molar-refractivity contribution in [1.29, 1.82) is 0 Å². The number of aromatic nitrogens is 2. The summed E-state index contributed by atoms with van der Waals surface area (Å²) in [4.78, 5) is 0. The van der Waals surface area contributed by atoms with Crippen molar-refractivity contribution in [2.45, 2.75) is 51.7 Å². The number of imidazole rings is 1. The van der Waals surface area contributed by atoms with Gasteiger partial charge in [-0.2, -0.15) is 8.42 Å². The van der Waals surface area contributed by atoms with Gasteiger partial charge in [-0.05, 0) is 25.7 Å². The van der Waals surface area contributed by atoms with E-state index in [0.717, 1.165) is 37.7 Å². The van der Waals surface area contributed by atoms with Gasteiger partial charge < -0.3 is 13.3 Å². The Bertz CT molecular complexity index is 607. The zero-order chi connectivity index (χ0) is 18.9. The summed E-state index contributed by atoms with van der Waals surface area (Å²) in [6.45, 7) is 3.68. The quantitative estimate of drug-likeness (QED) is 0.235. The van der Waals surface area contributed by atoms with Gasteiger partial charge in [-0.1, -0.05) is 0 Å². The molecular formula is C15H31N2O6SSi+. The summed E-state index contributed by atoms with van der Waals surface area (Å²) in [5.41, 5.74) is 1.16. The van der Waals surface area contributed by atoms with Gasteiger partial charge in [-0.3, -0.25) is 4.55 Å². The summed E-state index contributed by atoms with van der Waals surface area (Å²) in [5, 5.41) is 0. The molecule has 1 aromatic rings. The Morgan fingerprint density at radius 3 is 2.32 bits per heavy atom. The first-order chi connectivity index (χ1) is 11.7. The zero-order valence-corrected chi connectivity index (χ0v) is 17.4. The van der Waals surface area contributed by atoms with Gasteiger partial charge >= 0.3 is 8.80 Å². The van der Waals surface area contributed by atoms with E-state index in [1.54, 1.807) is 21.3 Å². The fourth-order valence-corrected chi connectivity index (χ4v) is 5.10. The molecule has 1 heterocycles. The van der Waals surface area contributed by atoms with Crippen LogP contribution in [0.3, 0.4) is 0 Å². The van der Waals surface area contributed by atoms with Crippen LogP contribution in [0.4, 0.5) is 0 Å². The Labute approximate surface area is 151 Å². The second-order valence-corrected chi connectivity index (χ2v) is 10.7. The van der Waals surface area contributed by atoms with E-state index in [9.17, 15) is 8.42 Å². The summed E-state index contributed by atoms with van der Waals surface area (Å²) >= 11 is 0. The molecule has 1 rings (SSSR count). The van der Waals surface area contributed by atoms with Crippen molar-refractivity contribution in [3.05, 3.63) is 18.2 Å². The van der Waals surface area contributed by atoms with E-state index in [4.69, 9.17) is 17.8 Å². The van der Waals surface area contributed by atoms with Crippen LogP contribution in [0.15, 0.2) is 12.5 Å². The molecule has 0 aliphatic heterocycles. The van der Waals surface area contributed by atoms with Crippen molar-refractivity contribution in [3.63, 3.8) is 0 Å². The van der Waals surface area contributed by atoms with Crippen molar-refractivity contribution in [1.82, 2.24) is 4.57 Å². The van der Waals surface area contributed by atoms with Crippen LogP contribution in [-0.2, 0) is 36.5 Å². The fourth-order valence-electron chi connectivity index (χ4n) is 2.73. The van der Waals surface area contributed by atoms with Crippen LogP contribution in [-0.4, -0.2) is 53.4 Å². The minimum Gasteiger partial charge on any atom is -0.377 e. The first kappa shape index (κ1) is 22.3. The molecule has 0 aromatic carbocycles. The highest BCUT2D eigenvalue weighted by Gasteiger charge is 2.36. The summed E-state index contributed by atoms with van der Waals surface area (Å²) in [7, 11) is -1.47. The largest absolute Gasteiger partial charge is 0.500 e. The Balaban J connectivity index is 2.39. The van der Waals surface area contributed by atoms with E-state index in [2.05, 4.69) is 9.13 Å². The van der Waals surface area contributed by atoms with Crippen LogP contribution in [0.1, 0.15) is 31.4 Å². The topological polar surface area (TPSA) is 90.9 Å². The number of aryl methyl sites for hydroxylation is 3. The molecule has 0 amide bonds. The molecule has 10 heteroatoms. The average molecular weight is 396 g/mol. The fraction of sp³-hybridized carbons (Fsp3) is 0.800. The minimum atomic E-state index is -3.86. The molecule has 0 spiro atoms. The van der Waals surface area contributed by atoms with Crippen LogP contribution < -0.4 is 4.57 Å². The van der Waals surface area contributed by atoms with E-state index in [-0.39, 0.29) is 5.75 Å². The first-order valence-corrected chi connectivity index (χ1v) is 12.0. The molecule has 0 atom stereocenters. The molecule has 0 fully saturated rings. The molecule has 1 aromatic heterocycles. The summed E-state index contributed by atoms with van der Waals surface area (Å²) in [6.07, 6.45) is 7.19. The van der Waals surface area contributed by atoms with Gasteiger partial charge in [0.05, 0.1) is 18.8 Å². The highest BCUT2D eigenvalue weighted by atomic mass is 32.2. The van der Waals surface area contributed by atoms with Crippen molar-refractivity contribution < 1.29 is 30.8 Å². The van der Waals surface area contributed by atoms with E-state index in [1.165, 1.54) is 0 Å². The molecule has 0 aliphatic carbocycles. The highest BCUT2D eigenvalue weighted by molar-refractivity contribution is 7.85. The second-order valence-electron chi connectivity index (χ2n) is 6.06. The third kappa shape index (κ3) is 7.97. The van der Waals surface area contributed by atoms with Gasteiger partial charge in [0.1, 0.15) is 11.9 Å². The van der Waals surface area contributed by atoms with Gasteiger partial charge in [-0.25, -0.2) is 9.13 Å². The molecule has 1 N–H and O–H groups in total. The smallest absolute Gasteiger partial charge is 0.377 e. The predicted molar refractivity (Wildman–Crippen MR) is 95.8 cm³/mol. The monoisotopic (exact) mass is 395 g/mol. The van der Waals surface area contributed by atoms with E-state index in [0.29, 0.717) is 12.8 Å². The molecule has 25 heavy (non-hydrogen) atoms. The normalized spacial score (nSPS) is 12.7. The van der Waals surface area contributed by atoms with Crippen LogP contribution in [0.5, 0.6) is 0 Å². The van der Waals surface area contributed by atoms with Gasteiger partial charge in [0.25, 0.3) is 10.1 Å². The summed E-state index contributed by atoms with van der Waals surface area (Å²) in [5.74, 6) is -0.183. The standard InChI is InChI=1S/C15H30N2O6SSi/c1-15-13-16(9-5-7-11-24(18,19)20)14-17(15)10-6-8-12-25(21-2,22-3)23-4/h13-14H,5-12H2,1-4H3/p+1. The second kappa shape index (κ2) is 10.4.